The van der Waals surface area contributed by atoms with Crippen LogP contribution in [0.25, 0.3) is 10.9 Å². The number of H-pyrrole nitrogens is 1. The zero-order valence-corrected chi connectivity index (χ0v) is 9.07. The molecular formula is C11H13ClN2. The zero-order valence-electron chi connectivity index (χ0n) is 8.32. The van der Waals surface area contributed by atoms with Crippen LogP contribution in [0, 0.1) is 6.92 Å². The maximum absolute atomic E-state index is 6.16. The number of halogens is 1. The largest absolute Gasteiger partial charge is 0.357 e. The third kappa shape index (κ3) is 1.51. The van der Waals surface area contributed by atoms with Gasteiger partial charge in [-0.2, -0.15) is 0 Å². The molecule has 0 aliphatic carbocycles. The molecule has 2 rings (SSSR count). The lowest BCUT2D eigenvalue weighted by molar-refractivity contribution is 0.819. The van der Waals surface area contributed by atoms with Crippen molar-refractivity contribution in [2.75, 3.05) is 7.05 Å². The molecule has 14 heavy (non-hydrogen) atoms. The van der Waals surface area contributed by atoms with E-state index in [1.165, 1.54) is 5.56 Å². The summed E-state index contributed by atoms with van der Waals surface area (Å²) in [6.07, 6.45) is 0. The van der Waals surface area contributed by atoms with E-state index in [0.29, 0.717) is 0 Å². The Bertz CT molecular complexity index is 460. The van der Waals surface area contributed by atoms with Gasteiger partial charge >= 0.3 is 0 Å². The summed E-state index contributed by atoms with van der Waals surface area (Å²) in [5.41, 5.74) is 3.39. The summed E-state index contributed by atoms with van der Waals surface area (Å²) in [6.45, 7) is 2.86. The Morgan fingerprint density at radius 1 is 1.43 bits per heavy atom. The fourth-order valence-electron chi connectivity index (χ4n) is 1.65. The maximum Gasteiger partial charge on any atom is 0.0689 e. The number of hydrogen-bond acceptors (Lipinski definition) is 1. The summed E-state index contributed by atoms with van der Waals surface area (Å²) in [7, 11) is 1.94. The van der Waals surface area contributed by atoms with Crippen LogP contribution in [0.4, 0.5) is 0 Å². The van der Waals surface area contributed by atoms with Gasteiger partial charge in [0.15, 0.2) is 0 Å². The van der Waals surface area contributed by atoms with Gasteiger partial charge in [-0.1, -0.05) is 17.7 Å². The van der Waals surface area contributed by atoms with E-state index in [0.717, 1.165) is 28.2 Å². The summed E-state index contributed by atoms with van der Waals surface area (Å²) >= 11 is 6.16. The summed E-state index contributed by atoms with van der Waals surface area (Å²) < 4.78 is 0. The normalized spacial score (nSPS) is 11.1. The third-order valence-corrected chi connectivity index (χ3v) is 2.84. The van der Waals surface area contributed by atoms with Crippen molar-refractivity contribution in [3.63, 3.8) is 0 Å². The average Bonchev–Trinajstić information content (AvgIpc) is 2.45. The van der Waals surface area contributed by atoms with Crippen molar-refractivity contribution in [3.05, 3.63) is 34.5 Å². The minimum atomic E-state index is 0.831. The van der Waals surface area contributed by atoms with Gasteiger partial charge in [0.2, 0.25) is 0 Å². The van der Waals surface area contributed by atoms with Gasteiger partial charge in [0.05, 0.1) is 5.02 Å². The van der Waals surface area contributed by atoms with Gasteiger partial charge in [-0.3, -0.25) is 0 Å². The molecule has 3 heteroatoms. The second-order valence-electron chi connectivity index (χ2n) is 3.47. The molecule has 0 fully saturated rings. The number of aryl methyl sites for hydroxylation is 1. The highest BCUT2D eigenvalue weighted by atomic mass is 35.5. The summed E-state index contributed by atoms with van der Waals surface area (Å²) in [4.78, 5) is 3.24. The van der Waals surface area contributed by atoms with Crippen LogP contribution in [-0.2, 0) is 6.54 Å². The quantitative estimate of drug-likeness (QED) is 0.781. The van der Waals surface area contributed by atoms with Gasteiger partial charge < -0.3 is 10.3 Å². The van der Waals surface area contributed by atoms with Gasteiger partial charge in [-0.15, -0.1) is 0 Å². The molecule has 0 unspecified atom stereocenters. The van der Waals surface area contributed by atoms with E-state index in [-0.39, 0.29) is 0 Å². The third-order valence-electron chi connectivity index (χ3n) is 2.35. The number of hydrogen-bond donors (Lipinski definition) is 2. The molecule has 1 heterocycles. The van der Waals surface area contributed by atoms with Crippen molar-refractivity contribution in [3.8, 4) is 0 Å². The van der Waals surface area contributed by atoms with Crippen molar-refractivity contribution in [2.24, 2.45) is 0 Å². The molecule has 2 nitrogen and oxygen atoms in total. The number of fused-ring (bicyclic) bond motifs is 1. The van der Waals surface area contributed by atoms with Gasteiger partial charge in [0.1, 0.15) is 0 Å². The monoisotopic (exact) mass is 208 g/mol. The zero-order chi connectivity index (χ0) is 10.1. The molecule has 0 bridgehead atoms. The molecule has 0 aliphatic heterocycles. The molecule has 0 aliphatic rings. The highest BCUT2D eigenvalue weighted by molar-refractivity contribution is 6.36. The minimum Gasteiger partial charge on any atom is -0.357 e. The topological polar surface area (TPSA) is 27.8 Å². The van der Waals surface area contributed by atoms with Gasteiger partial charge in [0, 0.05) is 23.1 Å². The number of benzene rings is 1. The van der Waals surface area contributed by atoms with Crippen molar-refractivity contribution in [1.29, 1.82) is 0 Å². The van der Waals surface area contributed by atoms with Crippen molar-refractivity contribution in [2.45, 2.75) is 13.5 Å². The first kappa shape index (κ1) is 9.56. The number of rotatable bonds is 2. The lowest BCUT2D eigenvalue weighted by Gasteiger charge is -1.99. The molecule has 0 spiro atoms. The van der Waals surface area contributed by atoms with Crippen LogP contribution in [0.2, 0.25) is 5.02 Å². The van der Waals surface area contributed by atoms with Gasteiger partial charge in [-0.25, -0.2) is 0 Å². The second kappa shape index (κ2) is 3.64. The Labute approximate surface area is 88.3 Å². The number of aromatic nitrogens is 1. The molecule has 74 valence electrons. The Morgan fingerprint density at radius 3 is 2.93 bits per heavy atom. The lowest BCUT2D eigenvalue weighted by Crippen LogP contribution is -2.04. The number of nitrogens with one attached hydrogen (secondary N) is 2. The van der Waals surface area contributed by atoms with Crippen LogP contribution < -0.4 is 5.32 Å². The van der Waals surface area contributed by atoms with Crippen LogP contribution in [0.1, 0.15) is 11.3 Å². The fourth-order valence-corrected chi connectivity index (χ4v) is 1.86. The van der Waals surface area contributed by atoms with E-state index >= 15 is 0 Å². The van der Waals surface area contributed by atoms with Crippen LogP contribution in [-0.4, -0.2) is 12.0 Å². The van der Waals surface area contributed by atoms with Gasteiger partial charge in [0.25, 0.3) is 0 Å². The molecule has 2 N–H and O–H groups in total. The Hall–Kier alpha value is -0.990. The first-order chi connectivity index (χ1) is 6.72. The van der Waals surface area contributed by atoms with Crippen molar-refractivity contribution in [1.82, 2.24) is 10.3 Å². The summed E-state index contributed by atoms with van der Waals surface area (Å²) in [5.74, 6) is 0. The molecule has 2 aromatic rings. The minimum absolute atomic E-state index is 0.831. The second-order valence-corrected chi connectivity index (χ2v) is 3.85. The SMILES string of the molecule is CNCc1ccc2[nH]c(C)c(Cl)c2c1. The highest BCUT2D eigenvalue weighted by Crippen LogP contribution is 2.27. The molecule has 1 aromatic heterocycles. The Kier molecular flexibility index (Phi) is 2.48. The predicted octanol–water partition coefficient (Wildman–Crippen LogP) is 2.85. The Morgan fingerprint density at radius 2 is 2.21 bits per heavy atom. The average molecular weight is 209 g/mol. The molecule has 0 saturated carbocycles. The molecular weight excluding hydrogens is 196 g/mol. The smallest absolute Gasteiger partial charge is 0.0689 e. The van der Waals surface area contributed by atoms with E-state index in [1.807, 2.05) is 14.0 Å². The van der Waals surface area contributed by atoms with Crippen LogP contribution in [0.15, 0.2) is 18.2 Å². The maximum atomic E-state index is 6.16. The molecule has 0 atom stereocenters. The molecule has 0 radical (unpaired) electrons. The number of aromatic amines is 1. The van der Waals surface area contributed by atoms with Crippen LogP contribution in [0.3, 0.4) is 0 Å². The first-order valence-corrected chi connectivity index (χ1v) is 5.01. The molecule has 0 saturated heterocycles. The van der Waals surface area contributed by atoms with Gasteiger partial charge in [-0.05, 0) is 31.7 Å². The van der Waals surface area contributed by atoms with E-state index in [2.05, 4.69) is 28.5 Å². The van der Waals surface area contributed by atoms with E-state index in [1.54, 1.807) is 0 Å². The standard InChI is InChI=1S/C11H13ClN2/c1-7-11(12)9-5-8(6-13-2)3-4-10(9)14-7/h3-5,13-14H,6H2,1-2H3. The van der Waals surface area contributed by atoms with Crippen LogP contribution >= 0.6 is 11.6 Å². The van der Waals surface area contributed by atoms with E-state index in [4.69, 9.17) is 11.6 Å². The lowest BCUT2D eigenvalue weighted by atomic mass is 10.1. The first-order valence-electron chi connectivity index (χ1n) is 4.63. The highest BCUT2D eigenvalue weighted by Gasteiger charge is 2.05. The molecule has 0 amide bonds. The van der Waals surface area contributed by atoms with Crippen molar-refractivity contribution < 1.29 is 0 Å². The summed E-state index contributed by atoms with van der Waals surface area (Å²) in [6, 6.07) is 6.30. The van der Waals surface area contributed by atoms with E-state index in [9.17, 15) is 0 Å². The summed E-state index contributed by atoms with van der Waals surface area (Å²) in [5, 5.41) is 5.06. The van der Waals surface area contributed by atoms with E-state index < -0.39 is 0 Å². The Balaban J connectivity index is 2.58. The van der Waals surface area contributed by atoms with Crippen LogP contribution in [0.5, 0.6) is 0 Å². The fraction of sp³-hybridized carbons (Fsp3) is 0.273. The molecule has 1 aromatic carbocycles. The van der Waals surface area contributed by atoms with Crippen molar-refractivity contribution >= 4 is 22.5 Å². The predicted molar refractivity (Wildman–Crippen MR) is 60.8 cm³/mol.